The monoisotopic (exact) mass is 313 g/mol. The van der Waals surface area contributed by atoms with Gasteiger partial charge in [-0.05, 0) is 41.1 Å². The molecule has 2 heterocycles. The molecule has 0 spiro atoms. The number of phenolic OH excluding ortho intramolecular Hbond substituents is 1. The first kappa shape index (κ1) is 13.3. The second-order valence-electron chi connectivity index (χ2n) is 4.74. The Bertz CT molecular complexity index is 588. The average Bonchev–Trinajstić information content (AvgIpc) is 2.83. The second kappa shape index (κ2) is 5.33. The molecule has 2 nitrogen and oxygen atoms in total. The standard InChI is InChI=1S/C14H13Cl2NOS/c15-11-5-9(6-12(16)14(11)18)7-17-3-1-13-10(8-17)2-4-19-13/h2,4-6,18H,1,3,7-8H2. The Morgan fingerprint density at radius 1 is 1.26 bits per heavy atom. The summed E-state index contributed by atoms with van der Waals surface area (Å²) >= 11 is 13.7. The summed E-state index contributed by atoms with van der Waals surface area (Å²) in [5.74, 6) is -0.0363. The van der Waals surface area contributed by atoms with Gasteiger partial charge in [0.15, 0.2) is 5.75 Å². The lowest BCUT2D eigenvalue weighted by Gasteiger charge is -2.27. The van der Waals surface area contributed by atoms with Crippen LogP contribution >= 0.6 is 34.5 Å². The van der Waals surface area contributed by atoms with Crippen LogP contribution in [0.15, 0.2) is 23.6 Å². The molecule has 0 fully saturated rings. The number of aromatic hydroxyl groups is 1. The van der Waals surface area contributed by atoms with E-state index in [2.05, 4.69) is 16.3 Å². The zero-order chi connectivity index (χ0) is 13.4. The Labute approximate surface area is 126 Å². The molecule has 100 valence electrons. The van der Waals surface area contributed by atoms with Gasteiger partial charge in [0.2, 0.25) is 0 Å². The molecule has 1 aliphatic rings. The van der Waals surface area contributed by atoms with Crippen molar-refractivity contribution in [1.29, 1.82) is 0 Å². The fraction of sp³-hybridized carbons (Fsp3) is 0.286. The molecule has 0 unspecified atom stereocenters. The van der Waals surface area contributed by atoms with E-state index in [9.17, 15) is 5.11 Å². The van der Waals surface area contributed by atoms with Crippen molar-refractivity contribution in [2.24, 2.45) is 0 Å². The maximum atomic E-state index is 9.56. The van der Waals surface area contributed by atoms with Crippen molar-refractivity contribution in [3.05, 3.63) is 49.6 Å². The first-order valence-electron chi connectivity index (χ1n) is 6.08. The van der Waals surface area contributed by atoms with Crippen molar-refractivity contribution >= 4 is 34.5 Å². The normalized spacial score (nSPS) is 15.5. The van der Waals surface area contributed by atoms with Crippen LogP contribution in [0.2, 0.25) is 10.0 Å². The Hall–Kier alpha value is -0.740. The van der Waals surface area contributed by atoms with Crippen molar-refractivity contribution in [2.45, 2.75) is 19.5 Å². The van der Waals surface area contributed by atoms with E-state index in [4.69, 9.17) is 23.2 Å². The molecule has 0 amide bonds. The summed E-state index contributed by atoms with van der Waals surface area (Å²) in [5, 5.41) is 12.3. The van der Waals surface area contributed by atoms with E-state index in [1.165, 1.54) is 10.4 Å². The van der Waals surface area contributed by atoms with Crippen LogP contribution in [0.1, 0.15) is 16.0 Å². The first-order valence-corrected chi connectivity index (χ1v) is 7.71. The third kappa shape index (κ3) is 2.75. The highest BCUT2D eigenvalue weighted by Gasteiger charge is 2.18. The molecule has 0 radical (unpaired) electrons. The van der Waals surface area contributed by atoms with Crippen molar-refractivity contribution in [3.63, 3.8) is 0 Å². The summed E-state index contributed by atoms with van der Waals surface area (Å²) in [6.45, 7) is 2.81. The summed E-state index contributed by atoms with van der Waals surface area (Å²) in [6.07, 6.45) is 1.10. The van der Waals surface area contributed by atoms with Crippen LogP contribution in [0.3, 0.4) is 0 Å². The Kier molecular flexibility index (Phi) is 3.72. The fourth-order valence-electron chi connectivity index (χ4n) is 2.41. The van der Waals surface area contributed by atoms with Crippen LogP contribution in [-0.4, -0.2) is 16.6 Å². The molecule has 1 N–H and O–H groups in total. The predicted octanol–water partition coefficient (Wildman–Crippen LogP) is 4.32. The Morgan fingerprint density at radius 3 is 2.74 bits per heavy atom. The van der Waals surface area contributed by atoms with Gasteiger partial charge in [0, 0.05) is 24.5 Å². The highest BCUT2D eigenvalue weighted by atomic mass is 35.5. The fourth-order valence-corrected chi connectivity index (χ4v) is 3.83. The summed E-state index contributed by atoms with van der Waals surface area (Å²) in [4.78, 5) is 3.87. The van der Waals surface area contributed by atoms with Gasteiger partial charge in [0.05, 0.1) is 10.0 Å². The molecule has 0 saturated carbocycles. The van der Waals surface area contributed by atoms with Crippen molar-refractivity contribution in [2.75, 3.05) is 6.54 Å². The molecule has 0 aliphatic carbocycles. The number of benzene rings is 1. The number of hydrogen-bond donors (Lipinski definition) is 1. The van der Waals surface area contributed by atoms with Gasteiger partial charge in [-0.1, -0.05) is 23.2 Å². The number of halogens is 2. The van der Waals surface area contributed by atoms with Crippen LogP contribution in [0.4, 0.5) is 0 Å². The molecular formula is C14H13Cl2NOS. The third-order valence-corrected chi connectivity index (χ3v) is 4.97. The molecule has 0 saturated heterocycles. The summed E-state index contributed by atoms with van der Waals surface area (Å²) < 4.78 is 0. The molecule has 5 heteroatoms. The average molecular weight is 314 g/mol. The van der Waals surface area contributed by atoms with Crippen LogP contribution < -0.4 is 0 Å². The summed E-state index contributed by atoms with van der Waals surface area (Å²) in [5.41, 5.74) is 2.46. The van der Waals surface area contributed by atoms with E-state index in [-0.39, 0.29) is 5.75 Å². The van der Waals surface area contributed by atoms with E-state index >= 15 is 0 Å². The summed E-state index contributed by atoms with van der Waals surface area (Å²) in [6, 6.07) is 5.76. The zero-order valence-electron chi connectivity index (χ0n) is 10.2. The second-order valence-corrected chi connectivity index (χ2v) is 6.55. The van der Waals surface area contributed by atoms with Gasteiger partial charge in [-0.25, -0.2) is 0 Å². The molecule has 1 aromatic heterocycles. The topological polar surface area (TPSA) is 23.5 Å². The molecule has 0 bridgehead atoms. The first-order chi connectivity index (χ1) is 9.13. The van der Waals surface area contributed by atoms with Crippen LogP contribution in [0.25, 0.3) is 0 Å². The Balaban J connectivity index is 1.76. The van der Waals surface area contributed by atoms with E-state index in [0.717, 1.165) is 31.6 Å². The number of hydrogen-bond acceptors (Lipinski definition) is 3. The van der Waals surface area contributed by atoms with Crippen LogP contribution in [-0.2, 0) is 19.5 Å². The van der Waals surface area contributed by atoms with Gasteiger partial charge in [0.1, 0.15) is 0 Å². The highest BCUT2D eigenvalue weighted by molar-refractivity contribution is 7.10. The quantitative estimate of drug-likeness (QED) is 0.892. The maximum Gasteiger partial charge on any atom is 0.152 e. The van der Waals surface area contributed by atoms with Crippen molar-refractivity contribution in [3.8, 4) is 5.75 Å². The van der Waals surface area contributed by atoms with E-state index in [1.807, 2.05) is 11.3 Å². The van der Waals surface area contributed by atoms with Crippen molar-refractivity contribution < 1.29 is 5.11 Å². The number of fused-ring (bicyclic) bond motifs is 1. The number of nitrogens with zero attached hydrogens (tertiary/aromatic N) is 1. The highest BCUT2D eigenvalue weighted by Crippen LogP contribution is 2.33. The molecule has 1 aliphatic heterocycles. The van der Waals surface area contributed by atoms with Gasteiger partial charge in [-0.15, -0.1) is 11.3 Å². The van der Waals surface area contributed by atoms with Gasteiger partial charge in [-0.2, -0.15) is 0 Å². The molecule has 0 atom stereocenters. The minimum atomic E-state index is -0.0363. The molecule has 19 heavy (non-hydrogen) atoms. The van der Waals surface area contributed by atoms with Crippen LogP contribution in [0.5, 0.6) is 5.75 Å². The lowest BCUT2D eigenvalue weighted by atomic mass is 10.1. The third-order valence-electron chi connectivity index (χ3n) is 3.37. The van der Waals surface area contributed by atoms with E-state index < -0.39 is 0 Å². The smallest absolute Gasteiger partial charge is 0.152 e. The number of thiophene rings is 1. The molecule has 3 rings (SSSR count). The maximum absolute atomic E-state index is 9.56. The molecule has 1 aromatic carbocycles. The lowest BCUT2D eigenvalue weighted by molar-refractivity contribution is 0.247. The van der Waals surface area contributed by atoms with E-state index in [1.54, 1.807) is 12.1 Å². The lowest BCUT2D eigenvalue weighted by Crippen LogP contribution is -2.29. The molecular weight excluding hydrogens is 301 g/mol. The van der Waals surface area contributed by atoms with Gasteiger partial charge in [-0.3, -0.25) is 4.90 Å². The van der Waals surface area contributed by atoms with Gasteiger partial charge in [0.25, 0.3) is 0 Å². The van der Waals surface area contributed by atoms with Gasteiger partial charge < -0.3 is 5.11 Å². The van der Waals surface area contributed by atoms with Crippen LogP contribution in [0, 0.1) is 0 Å². The SMILES string of the molecule is Oc1c(Cl)cc(CN2CCc3sccc3C2)cc1Cl. The Morgan fingerprint density at radius 2 is 2.00 bits per heavy atom. The summed E-state index contributed by atoms with van der Waals surface area (Å²) in [7, 11) is 0. The number of rotatable bonds is 2. The minimum Gasteiger partial charge on any atom is -0.505 e. The van der Waals surface area contributed by atoms with Crippen molar-refractivity contribution in [1.82, 2.24) is 4.90 Å². The zero-order valence-corrected chi connectivity index (χ0v) is 12.5. The van der Waals surface area contributed by atoms with E-state index in [0.29, 0.717) is 10.0 Å². The predicted molar refractivity (Wildman–Crippen MR) is 80.3 cm³/mol. The van der Waals surface area contributed by atoms with Gasteiger partial charge >= 0.3 is 0 Å². The largest absolute Gasteiger partial charge is 0.505 e. The number of phenols is 1. The molecule has 2 aromatic rings. The minimum absolute atomic E-state index is 0.0363.